The van der Waals surface area contributed by atoms with Gasteiger partial charge in [-0.3, -0.25) is 9.59 Å². The monoisotopic (exact) mass is 371 g/mol. The van der Waals surface area contributed by atoms with Crippen molar-refractivity contribution < 1.29 is 28.6 Å². The topological polar surface area (TPSA) is 90.9 Å². The summed E-state index contributed by atoms with van der Waals surface area (Å²) in [5.41, 5.74) is 2.01. The SMILES string of the molecule is COC(=O)c1ccc(CNC(=O)COC(=O)Cc2ccc(OC)cc2)cc1. The number of rotatable bonds is 8. The molecule has 0 aliphatic rings. The molecule has 7 heteroatoms. The summed E-state index contributed by atoms with van der Waals surface area (Å²) in [4.78, 5) is 35.0. The van der Waals surface area contributed by atoms with E-state index in [0.717, 1.165) is 11.1 Å². The Hall–Kier alpha value is -3.35. The number of nitrogens with one attached hydrogen (secondary N) is 1. The fraction of sp³-hybridized carbons (Fsp3) is 0.250. The first-order valence-corrected chi connectivity index (χ1v) is 8.24. The smallest absolute Gasteiger partial charge is 0.337 e. The van der Waals surface area contributed by atoms with Gasteiger partial charge in [-0.2, -0.15) is 0 Å². The van der Waals surface area contributed by atoms with Crippen molar-refractivity contribution in [3.63, 3.8) is 0 Å². The van der Waals surface area contributed by atoms with Crippen LogP contribution < -0.4 is 10.1 Å². The molecule has 0 saturated heterocycles. The second-order valence-electron chi connectivity index (χ2n) is 5.65. The van der Waals surface area contributed by atoms with Gasteiger partial charge in [0.15, 0.2) is 6.61 Å². The number of ether oxygens (including phenoxy) is 3. The number of hydrogen-bond donors (Lipinski definition) is 1. The van der Waals surface area contributed by atoms with Crippen molar-refractivity contribution in [3.05, 3.63) is 65.2 Å². The number of carbonyl (C=O) groups excluding carboxylic acids is 3. The molecule has 2 rings (SSSR count). The fourth-order valence-electron chi connectivity index (χ4n) is 2.24. The molecule has 1 N–H and O–H groups in total. The molecule has 0 aliphatic carbocycles. The summed E-state index contributed by atoms with van der Waals surface area (Å²) >= 11 is 0. The van der Waals surface area contributed by atoms with Crippen LogP contribution in [0.2, 0.25) is 0 Å². The summed E-state index contributed by atoms with van der Waals surface area (Å²) in [7, 11) is 2.88. The van der Waals surface area contributed by atoms with Crippen LogP contribution in [0, 0.1) is 0 Å². The summed E-state index contributed by atoms with van der Waals surface area (Å²) in [6, 6.07) is 13.7. The van der Waals surface area contributed by atoms with Crippen LogP contribution in [0.15, 0.2) is 48.5 Å². The van der Waals surface area contributed by atoms with Crippen LogP contribution >= 0.6 is 0 Å². The van der Waals surface area contributed by atoms with E-state index in [0.29, 0.717) is 11.3 Å². The Bertz CT molecular complexity index is 783. The minimum Gasteiger partial charge on any atom is -0.497 e. The Labute approximate surface area is 157 Å². The molecule has 0 radical (unpaired) electrons. The lowest BCUT2D eigenvalue weighted by Crippen LogP contribution is -2.28. The van der Waals surface area contributed by atoms with E-state index >= 15 is 0 Å². The molecule has 0 spiro atoms. The van der Waals surface area contributed by atoms with Crippen LogP contribution in [0.25, 0.3) is 0 Å². The summed E-state index contributed by atoms with van der Waals surface area (Å²) < 4.78 is 14.6. The highest BCUT2D eigenvalue weighted by Gasteiger charge is 2.09. The van der Waals surface area contributed by atoms with Gasteiger partial charge >= 0.3 is 11.9 Å². The van der Waals surface area contributed by atoms with E-state index in [1.807, 2.05) is 0 Å². The molecule has 27 heavy (non-hydrogen) atoms. The van der Waals surface area contributed by atoms with Crippen molar-refractivity contribution in [2.75, 3.05) is 20.8 Å². The first-order valence-electron chi connectivity index (χ1n) is 8.24. The second kappa shape index (κ2) is 9.96. The number of esters is 2. The van der Waals surface area contributed by atoms with Gasteiger partial charge in [0.1, 0.15) is 5.75 Å². The Morgan fingerprint density at radius 2 is 1.52 bits per heavy atom. The van der Waals surface area contributed by atoms with Crippen molar-refractivity contribution in [3.8, 4) is 5.75 Å². The third-order valence-electron chi connectivity index (χ3n) is 3.74. The summed E-state index contributed by atoms with van der Waals surface area (Å²) in [5, 5.41) is 2.65. The van der Waals surface area contributed by atoms with Crippen LogP contribution in [0.5, 0.6) is 5.75 Å². The van der Waals surface area contributed by atoms with Gasteiger partial charge in [-0.15, -0.1) is 0 Å². The highest BCUT2D eigenvalue weighted by atomic mass is 16.5. The number of benzene rings is 2. The van der Waals surface area contributed by atoms with Crippen LogP contribution in [0.1, 0.15) is 21.5 Å². The quantitative estimate of drug-likeness (QED) is 0.713. The number of methoxy groups -OCH3 is 2. The molecule has 2 aromatic rings. The van der Waals surface area contributed by atoms with Gasteiger partial charge in [-0.05, 0) is 35.4 Å². The lowest BCUT2D eigenvalue weighted by atomic mass is 10.1. The zero-order valence-electron chi connectivity index (χ0n) is 15.2. The third-order valence-corrected chi connectivity index (χ3v) is 3.74. The van der Waals surface area contributed by atoms with E-state index in [1.165, 1.54) is 7.11 Å². The molecule has 0 aromatic heterocycles. The van der Waals surface area contributed by atoms with Crippen LogP contribution in [0.4, 0.5) is 0 Å². The van der Waals surface area contributed by atoms with Crippen LogP contribution in [-0.4, -0.2) is 38.7 Å². The molecule has 0 unspecified atom stereocenters. The zero-order chi connectivity index (χ0) is 19.6. The Kier molecular flexibility index (Phi) is 7.37. The van der Waals surface area contributed by atoms with Crippen LogP contribution in [-0.2, 0) is 32.0 Å². The van der Waals surface area contributed by atoms with Crippen molar-refractivity contribution in [2.24, 2.45) is 0 Å². The Morgan fingerprint density at radius 3 is 2.11 bits per heavy atom. The highest BCUT2D eigenvalue weighted by molar-refractivity contribution is 5.89. The van der Waals surface area contributed by atoms with E-state index in [4.69, 9.17) is 9.47 Å². The summed E-state index contributed by atoms with van der Waals surface area (Å²) in [5.74, 6) is -0.617. The number of hydrogen-bond acceptors (Lipinski definition) is 6. The lowest BCUT2D eigenvalue weighted by Gasteiger charge is -2.08. The van der Waals surface area contributed by atoms with Gasteiger partial charge in [0.25, 0.3) is 5.91 Å². The first-order chi connectivity index (χ1) is 13.0. The van der Waals surface area contributed by atoms with Gasteiger partial charge in [0, 0.05) is 6.54 Å². The second-order valence-corrected chi connectivity index (χ2v) is 5.65. The Balaban J connectivity index is 1.72. The number of carbonyl (C=O) groups is 3. The van der Waals surface area contributed by atoms with Crippen molar-refractivity contribution in [1.29, 1.82) is 0 Å². The van der Waals surface area contributed by atoms with E-state index in [9.17, 15) is 14.4 Å². The fourth-order valence-corrected chi connectivity index (χ4v) is 2.24. The van der Waals surface area contributed by atoms with Crippen molar-refractivity contribution in [1.82, 2.24) is 5.32 Å². The first kappa shape index (κ1) is 20.0. The highest BCUT2D eigenvalue weighted by Crippen LogP contribution is 2.12. The lowest BCUT2D eigenvalue weighted by molar-refractivity contribution is -0.147. The maximum atomic E-state index is 11.8. The van der Waals surface area contributed by atoms with E-state index in [-0.39, 0.29) is 19.6 Å². The predicted molar refractivity (Wildman–Crippen MR) is 97.3 cm³/mol. The molecule has 0 heterocycles. The molecule has 0 atom stereocenters. The molecule has 142 valence electrons. The average molecular weight is 371 g/mol. The Morgan fingerprint density at radius 1 is 0.889 bits per heavy atom. The molecular weight excluding hydrogens is 350 g/mol. The van der Waals surface area contributed by atoms with Gasteiger partial charge in [0.05, 0.1) is 26.2 Å². The molecule has 1 amide bonds. The van der Waals surface area contributed by atoms with E-state index in [1.54, 1.807) is 55.6 Å². The molecule has 0 bridgehead atoms. The minimum atomic E-state index is -0.488. The minimum absolute atomic E-state index is 0.0757. The van der Waals surface area contributed by atoms with Crippen molar-refractivity contribution >= 4 is 17.8 Å². The third kappa shape index (κ3) is 6.47. The van der Waals surface area contributed by atoms with Crippen LogP contribution in [0.3, 0.4) is 0 Å². The molecule has 0 aliphatic heterocycles. The largest absolute Gasteiger partial charge is 0.497 e. The zero-order valence-corrected chi connectivity index (χ0v) is 15.2. The molecule has 7 nitrogen and oxygen atoms in total. The van der Waals surface area contributed by atoms with E-state index < -0.39 is 17.8 Å². The van der Waals surface area contributed by atoms with Gasteiger partial charge < -0.3 is 19.5 Å². The molecule has 2 aromatic carbocycles. The summed E-state index contributed by atoms with van der Waals surface area (Å²) in [6.45, 7) is -0.0917. The molecule has 0 fully saturated rings. The normalized spacial score (nSPS) is 10.0. The molecular formula is C20H21NO6. The van der Waals surface area contributed by atoms with E-state index in [2.05, 4.69) is 10.1 Å². The standard InChI is InChI=1S/C20H21NO6/c1-25-17-9-5-14(6-10-17)11-19(23)27-13-18(22)21-12-15-3-7-16(8-4-15)20(24)26-2/h3-10H,11-13H2,1-2H3,(H,21,22). The van der Waals surface area contributed by atoms with Gasteiger partial charge in [-0.1, -0.05) is 24.3 Å². The maximum absolute atomic E-state index is 11.8. The van der Waals surface area contributed by atoms with Gasteiger partial charge in [-0.25, -0.2) is 4.79 Å². The maximum Gasteiger partial charge on any atom is 0.337 e. The average Bonchev–Trinajstić information content (AvgIpc) is 2.71. The predicted octanol–water partition coefficient (Wildman–Crippen LogP) is 1.88. The van der Waals surface area contributed by atoms with Crippen molar-refractivity contribution in [2.45, 2.75) is 13.0 Å². The number of amides is 1. The summed E-state index contributed by atoms with van der Waals surface area (Å²) in [6.07, 6.45) is 0.0757. The van der Waals surface area contributed by atoms with Gasteiger partial charge in [0.2, 0.25) is 0 Å². The molecule has 0 saturated carbocycles.